The lowest BCUT2D eigenvalue weighted by Crippen LogP contribution is -2.32. The van der Waals surface area contributed by atoms with E-state index in [2.05, 4.69) is 15.0 Å². The van der Waals surface area contributed by atoms with Crippen molar-refractivity contribution in [3.05, 3.63) is 58.9 Å². The van der Waals surface area contributed by atoms with Crippen LogP contribution in [0.4, 0.5) is 0 Å². The van der Waals surface area contributed by atoms with Gasteiger partial charge in [-0.2, -0.15) is 0 Å². The molecule has 0 radical (unpaired) electrons. The maximum atomic E-state index is 12.8. The standard InChI is InChI=1S/C22H27N3O3S/c1-15-5-4-8-18(24-15)14-23-29(27,28)19-11-9-16-10-12-21(20(16)13-19)25-22(26)17-6-2-3-7-17/h4-5,8-9,11,13,17,21,23H,2-3,6-7,10,12,14H2,1H3,(H,25,26)/t21-/m0/s1. The summed E-state index contributed by atoms with van der Waals surface area (Å²) in [7, 11) is -3.66. The molecule has 2 aromatic rings. The summed E-state index contributed by atoms with van der Waals surface area (Å²) in [6.07, 6.45) is 5.81. The van der Waals surface area contributed by atoms with Gasteiger partial charge >= 0.3 is 0 Å². The quantitative estimate of drug-likeness (QED) is 0.761. The van der Waals surface area contributed by atoms with Crippen LogP contribution >= 0.6 is 0 Å². The van der Waals surface area contributed by atoms with Gasteiger partial charge in [0.05, 0.1) is 23.2 Å². The van der Waals surface area contributed by atoms with Crippen molar-refractivity contribution in [2.24, 2.45) is 5.92 Å². The van der Waals surface area contributed by atoms with Gasteiger partial charge in [0.1, 0.15) is 0 Å². The average Bonchev–Trinajstić information content (AvgIpc) is 3.37. The summed E-state index contributed by atoms with van der Waals surface area (Å²) in [4.78, 5) is 17.1. The lowest BCUT2D eigenvalue weighted by Gasteiger charge is -2.18. The first-order valence-corrected chi connectivity index (χ1v) is 11.8. The van der Waals surface area contributed by atoms with E-state index in [0.717, 1.165) is 55.3 Å². The zero-order valence-electron chi connectivity index (χ0n) is 16.6. The Hall–Kier alpha value is -2.25. The van der Waals surface area contributed by atoms with Gasteiger partial charge in [0.15, 0.2) is 0 Å². The van der Waals surface area contributed by atoms with Crippen LogP contribution in [-0.4, -0.2) is 19.3 Å². The number of aryl methyl sites for hydroxylation is 2. The van der Waals surface area contributed by atoms with Crippen LogP contribution in [0, 0.1) is 12.8 Å². The Balaban J connectivity index is 1.48. The van der Waals surface area contributed by atoms with E-state index in [1.807, 2.05) is 25.1 Å². The molecule has 2 N–H and O–H groups in total. The van der Waals surface area contributed by atoms with Gasteiger partial charge in [0.2, 0.25) is 15.9 Å². The molecule has 2 aliphatic rings. The van der Waals surface area contributed by atoms with Crippen molar-refractivity contribution in [3.63, 3.8) is 0 Å². The van der Waals surface area contributed by atoms with E-state index in [4.69, 9.17) is 0 Å². The summed E-state index contributed by atoms with van der Waals surface area (Å²) in [5, 5.41) is 3.16. The first-order chi connectivity index (χ1) is 13.9. The smallest absolute Gasteiger partial charge is 0.240 e. The number of aromatic nitrogens is 1. The number of sulfonamides is 1. The summed E-state index contributed by atoms with van der Waals surface area (Å²) in [6, 6.07) is 10.7. The zero-order valence-corrected chi connectivity index (χ0v) is 17.5. The molecule has 6 nitrogen and oxygen atoms in total. The number of hydrogen-bond donors (Lipinski definition) is 2. The Morgan fingerprint density at radius 3 is 2.69 bits per heavy atom. The van der Waals surface area contributed by atoms with E-state index < -0.39 is 10.0 Å². The van der Waals surface area contributed by atoms with E-state index >= 15 is 0 Å². The van der Waals surface area contributed by atoms with E-state index in [1.54, 1.807) is 18.2 Å². The molecule has 1 amide bonds. The molecule has 154 valence electrons. The van der Waals surface area contributed by atoms with Crippen molar-refractivity contribution in [3.8, 4) is 0 Å². The zero-order chi connectivity index (χ0) is 20.4. The highest BCUT2D eigenvalue weighted by Gasteiger charge is 2.29. The summed E-state index contributed by atoms with van der Waals surface area (Å²) < 4.78 is 28.2. The Morgan fingerprint density at radius 1 is 1.14 bits per heavy atom. The number of nitrogens with one attached hydrogen (secondary N) is 2. The second-order valence-electron chi connectivity index (χ2n) is 8.04. The fourth-order valence-corrected chi connectivity index (χ4v) is 5.36. The third-order valence-electron chi connectivity index (χ3n) is 5.94. The van der Waals surface area contributed by atoms with E-state index in [9.17, 15) is 13.2 Å². The molecule has 1 aromatic heterocycles. The van der Waals surface area contributed by atoms with Crippen LogP contribution in [0.2, 0.25) is 0 Å². The number of amides is 1. The SMILES string of the molecule is Cc1cccc(CNS(=O)(=O)c2ccc3c(c2)[C@@H](NC(=O)C2CCCC2)CC3)n1. The molecule has 1 saturated carbocycles. The lowest BCUT2D eigenvalue weighted by molar-refractivity contribution is -0.125. The molecule has 1 atom stereocenters. The van der Waals surface area contributed by atoms with Gasteiger partial charge in [-0.15, -0.1) is 0 Å². The van der Waals surface area contributed by atoms with Crippen molar-refractivity contribution < 1.29 is 13.2 Å². The Morgan fingerprint density at radius 2 is 1.93 bits per heavy atom. The number of pyridine rings is 1. The van der Waals surface area contributed by atoms with E-state index in [-0.39, 0.29) is 29.3 Å². The highest BCUT2D eigenvalue weighted by molar-refractivity contribution is 7.89. The van der Waals surface area contributed by atoms with Gasteiger partial charge in [0, 0.05) is 11.6 Å². The number of hydrogen-bond acceptors (Lipinski definition) is 4. The van der Waals surface area contributed by atoms with Crippen LogP contribution in [0.3, 0.4) is 0 Å². The number of nitrogens with zero attached hydrogens (tertiary/aromatic N) is 1. The van der Waals surface area contributed by atoms with Crippen molar-refractivity contribution in [1.82, 2.24) is 15.0 Å². The molecular weight excluding hydrogens is 386 g/mol. The molecule has 1 fully saturated rings. The number of fused-ring (bicyclic) bond motifs is 1. The van der Waals surface area contributed by atoms with Gasteiger partial charge in [0.25, 0.3) is 0 Å². The number of carbonyl (C=O) groups excluding carboxylic acids is 1. The van der Waals surface area contributed by atoms with Crippen LogP contribution in [0.5, 0.6) is 0 Å². The second kappa shape index (κ2) is 8.24. The molecule has 1 heterocycles. The van der Waals surface area contributed by atoms with Gasteiger partial charge < -0.3 is 5.32 Å². The van der Waals surface area contributed by atoms with Crippen molar-refractivity contribution in [2.45, 2.75) is 62.9 Å². The fourth-order valence-electron chi connectivity index (χ4n) is 4.33. The molecule has 0 saturated heterocycles. The minimum atomic E-state index is -3.66. The number of rotatable bonds is 6. The Labute approximate surface area is 172 Å². The molecule has 4 rings (SSSR count). The third-order valence-corrected chi connectivity index (χ3v) is 7.34. The maximum Gasteiger partial charge on any atom is 0.240 e. The molecule has 7 heteroatoms. The van der Waals surface area contributed by atoms with Gasteiger partial charge in [-0.05, 0) is 68.0 Å². The topological polar surface area (TPSA) is 88.2 Å². The molecule has 0 bridgehead atoms. The van der Waals surface area contributed by atoms with Crippen molar-refractivity contribution in [2.75, 3.05) is 0 Å². The Bertz CT molecular complexity index is 1010. The molecule has 0 unspecified atom stereocenters. The summed E-state index contributed by atoms with van der Waals surface area (Å²) in [5.41, 5.74) is 3.56. The minimum absolute atomic E-state index is 0.105. The summed E-state index contributed by atoms with van der Waals surface area (Å²) in [5.74, 6) is 0.215. The highest BCUT2D eigenvalue weighted by atomic mass is 32.2. The summed E-state index contributed by atoms with van der Waals surface area (Å²) >= 11 is 0. The first-order valence-electron chi connectivity index (χ1n) is 10.3. The largest absolute Gasteiger partial charge is 0.349 e. The van der Waals surface area contributed by atoms with Crippen LogP contribution in [0.25, 0.3) is 0 Å². The number of benzene rings is 1. The maximum absolute atomic E-state index is 12.8. The average molecular weight is 414 g/mol. The monoisotopic (exact) mass is 413 g/mol. The lowest BCUT2D eigenvalue weighted by atomic mass is 10.0. The van der Waals surface area contributed by atoms with Crippen molar-refractivity contribution >= 4 is 15.9 Å². The normalized spacial score (nSPS) is 19.3. The molecular formula is C22H27N3O3S. The van der Waals surface area contributed by atoms with Gasteiger partial charge in [-0.1, -0.05) is 25.0 Å². The fraction of sp³-hybridized carbons (Fsp3) is 0.455. The predicted octanol–water partition coefficient (Wildman–Crippen LogP) is 3.16. The molecule has 2 aliphatic carbocycles. The molecule has 0 aliphatic heterocycles. The first kappa shape index (κ1) is 20.0. The van der Waals surface area contributed by atoms with Crippen LogP contribution in [0.1, 0.15) is 60.7 Å². The van der Waals surface area contributed by atoms with Crippen LogP contribution in [0.15, 0.2) is 41.3 Å². The number of carbonyl (C=O) groups is 1. The Kier molecular flexibility index (Phi) is 5.69. The van der Waals surface area contributed by atoms with Gasteiger partial charge in [-0.25, -0.2) is 13.1 Å². The molecule has 29 heavy (non-hydrogen) atoms. The van der Waals surface area contributed by atoms with E-state index in [1.165, 1.54) is 0 Å². The van der Waals surface area contributed by atoms with Gasteiger partial charge in [-0.3, -0.25) is 9.78 Å². The highest BCUT2D eigenvalue weighted by Crippen LogP contribution is 2.34. The minimum Gasteiger partial charge on any atom is -0.349 e. The molecule has 0 spiro atoms. The second-order valence-corrected chi connectivity index (χ2v) is 9.80. The predicted molar refractivity (Wildman–Crippen MR) is 111 cm³/mol. The summed E-state index contributed by atoms with van der Waals surface area (Å²) in [6.45, 7) is 2.02. The third kappa shape index (κ3) is 4.51. The molecule has 1 aromatic carbocycles. The van der Waals surface area contributed by atoms with Crippen LogP contribution in [-0.2, 0) is 27.8 Å². The van der Waals surface area contributed by atoms with E-state index in [0.29, 0.717) is 5.69 Å². The van der Waals surface area contributed by atoms with Crippen molar-refractivity contribution in [1.29, 1.82) is 0 Å². The van der Waals surface area contributed by atoms with Crippen LogP contribution < -0.4 is 10.0 Å².